The van der Waals surface area contributed by atoms with Crippen LogP contribution >= 0.6 is 0 Å². The standard InChI is InChI=1S/C14H14O2/c15-13-8-4-7-12(14(16)10-13)9-11-5-2-1-3-6-11/h1-3,5-6,9H,4,7-8,10H2/b12-9+. The highest BCUT2D eigenvalue weighted by molar-refractivity contribution is 6.10. The van der Waals surface area contributed by atoms with Crippen LogP contribution in [0.25, 0.3) is 6.08 Å². The number of carbonyl (C=O) groups excluding carboxylic acids is 2. The molecule has 16 heavy (non-hydrogen) atoms. The summed E-state index contributed by atoms with van der Waals surface area (Å²) in [6, 6.07) is 9.76. The second-order valence-corrected chi connectivity index (χ2v) is 4.07. The average molecular weight is 214 g/mol. The Morgan fingerprint density at radius 1 is 1.00 bits per heavy atom. The minimum absolute atomic E-state index is 0.00801. The molecule has 2 heteroatoms. The lowest BCUT2D eigenvalue weighted by Crippen LogP contribution is -2.05. The Hall–Kier alpha value is -1.70. The second-order valence-electron chi connectivity index (χ2n) is 4.07. The highest BCUT2D eigenvalue weighted by Crippen LogP contribution is 2.19. The van der Waals surface area contributed by atoms with Gasteiger partial charge in [-0.3, -0.25) is 9.59 Å². The number of ketones is 2. The number of carbonyl (C=O) groups is 2. The van der Waals surface area contributed by atoms with Gasteiger partial charge in [0.2, 0.25) is 0 Å². The van der Waals surface area contributed by atoms with Gasteiger partial charge < -0.3 is 0 Å². The summed E-state index contributed by atoms with van der Waals surface area (Å²) in [5.74, 6) is 0.0628. The molecule has 0 bridgehead atoms. The molecule has 1 aliphatic carbocycles. The zero-order chi connectivity index (χ0) is 11.4. The lowest BCUT2D eigenvalue weighted by Gasteiger charge is -2.00. The van der Waals surface area contributed by atoms with Crippen molar-refractivity contribution >= 4 is 17.6 Å². The Labute approximate surface area is 95.0 Å². The zero-order valence-electron chi connectivity index (χ0n) is 9.11. The first kappa shape index (κ1) is 10.8. The summed E-state index contributed by atoms with van der Waals surface area (Å²) in [7, 11) is 0. The highest BCUT2D eigenvalue weighted by atomic mass is 16.1. The van der Waals surface area contributed by atoms with Crippen LogP contribution in [0.1, 0.15) is 31.2 Å². The molecule has 1 aromatic carbocycles. The Kier molecular flexibility index (Phi) is 3.30. The van der Waals surface area contributed by atoms with Crippen molar-refractivity contribution in [3.05, 3.63) is 41.5 Å². The molecule has 1 aliphatic rings. The molecular weight excluding hydrogens is 200 g/mol. The summed E-state index contributed by atoms with van der Waals surface area (Å²) in [5.41, 5.74) is 1.82. The van der Waals surface area contributed by atoms with Gasteiger partial charge in [0.25, 0.3) is 0 Å². The molecule has 0 aliphatic heterocycles. The Morgan fingerprint density at radius 3 is 2.50 bits per heavy atom. The Balaban J connectivity index is 2.23. The second kappa shape index (κ2) is 4.88. The van der Waals surface area contributed by atoms with Crippen LogP contribution in [0.2, 0.25) is 0 Å². The van der Waals surface area contributed by atoms with E-state index in [1.807, 2.05) is 36.4 Å². The first-order chi connectivity index (χ1) is 7.75. The SMILES string of the molecule is O=C1CCC/C(=C\c2ccccc2)C(=O)C1. The fourth-order valence-corrected chi connectivity index (χ4v) is 1.90. The highest BCUT2D eigenvalue weighted by Gasteiger charge is 2.18. The molecule has 0 N–H and O–H groups in total. The maximum absolute atomic E-state index is 11.7. The van der Waals surface area contributed by atoms with Crippen LogP contribution < -0.4 is 0 Å². The number of rotatable bonds is 1. The maximum Gasteiger partial charge on any atom is 0.166 e. The van der Waals surface area contributed by atoms with Gasteiger partial charge in [-0.2, -0.15) is 0 Å². The number of hydrogen-bond acceptors (Lipinski definition) is 2. The Bertz CT molecular complexity index is 429. The molecule has 1 fully saturated rings. The number of allylic oxidation sites excluding steroid dienone is 1. The van der Waals surface area contributed by atoms with Gasteiger partial charge in [-0.05, 0) is 30.1 Å². The molecule has 0 unspecified atom stereocenters. The van der Waals surface area contributed by atoms with E-state index in [1.54, 1.807) is 0 Å². The van der Waals surface area contributed by atoms with Gasteiger partial charge in [-0.25, -0.2) is 0 Å². The fourth-order valence-electron chi connectivity index (χ4n) is 1.90. The monoisotopic (exact) mass is 214 g/mol. The third-order valence-electron chi connectivity index (χ3n) is 2.76. The minimum atomic E-state index is -0.00801. The average Bonchev–Trinajstić information content (AvgIpc) is 2.43. The molecule has 2 rings (SSSR count). The van der Waals surface area contributed by atoms with Crippen molar-refractivity contribution in [3.63, 3.8) is 0 Å². The van der Waals surface area contributed by atoms with Crippen LogP contribution in [0.5, 0.6) is 0 Å². The lowest BCUT2D eigenvalue weighted by atomic mass is 10.0. The summed E-state index contributed by atoms with van der Waals surface area (Å²) >= 11 is 0. The maximum atomic E-state index is 11.7. The number of Topliss-reactive ketones (excluding diaryl/α,β-unsaturated/α-hetero) is 2. The molecule has 0 saturated heterocycles. The smallest absolute Gasteiger partial charge is 0.166 e. The largest absolute Gasteiger partial charge is 0.299 e. The predicted molar refractivity (Wildman–Crippen MR) is 62.9 cm³/mol. The third-order valence-corrected chi connectivity index (χ3v) is 2.76. The van der Waals surface area contributed by atoms with Crippen molar-refractivity contribution in [1.29, 1.82) is 0 Å². The summed E-state index contributed by atoms with van der Waals surface area (Å²) < 4.78 is 0. The van der Waals surface area contributed by atoms with E-state index < -0.39 is 0 Å². The molecule has 0 spiro atoms. The number of benzene rings is 1. The molecule has 0 amide bonds. The quantitative estimate of drug-likeness (QED) is 0.409. The van der Waals surface area contributed by atoms with Crippen molar-refractivity contribution < 1.29 is 9.59 Å². The van der Waals surface area contributed by atoms with E-state index >= 15 is 0 Å². The van der Waals surface area contributed by atoms with E-state index in [0.29, 0.717) is 6.42 Å². The van der Waals surface area contributed by atoms with Crippen LogP contribution in [0.3, 0.4) is 0 Å². The molecule has 82 valence electrons. The lowest BCUT2D eigenvalue weighted by molar-refractivity contribution is -0.124. The third kappa shape index (κ3) is 2.66. The van der Waals surface area contributed by atoms with Crippen LogP contribution in [-0.2, 0) is 9.59 Å². The van der Waals surface area contributed by atoms with E-state index in [0.717, 1.165) is 24.0 Å². The topological polar surface area (TPSA) is 34.1 Å². The van der Waals surface area contributed by atoms with Crippen LogP contribution in [0, 0.1) is 0 Å². The van der Waals surface area contributed by atoms with Gasteiger partial charge in [-0.15, -0.1) is 0 Å². The molecule has 0 aromatic heterocycles. The number of hydrogen-bond donors (Lipinski definition) is 0. The normalized spacial score (nSPS) is 19.9. The predicted octanol–water partition coefficient (Wildman–Crippen LogP) is 2.78. The van der Waals surface area contributed by atoms with E-state index in [-0.39, 0.29) is 18.0 Å². The first-order valence-electron chi connectivity index (χ1n) is 5.56. The summed E-state index contributed by atoms with van der Waals surface area (Å²) in [4.78, 5) is 23.0. The van der Waals surface area contributed by atoms with Gasteiger partial charge in [0.05, 0.1) is 6.42 Å². The van der Waals surface area contributed by atoms with E-state index in [2.05, 4.69) is 0 Å². The molecule has 1 saturated carbocycles. The van der Waals surface area contributed by atoms with E-state index in [1.165, 1.54) is 0 Å². The molecular formula is C14H14O2. The molecule has 2 nitrogen and oxygen atoms in total. The molecule has 0 radical (unpaired) electrons. The van der Waals surface area contributed by atoms with Gasteiger partial charge in [0.15, 0.2) is 5.78 Å². The molecule has 0 heterocycles. The van der Waals surface area contributed by atoms with Crippen molar-refractivity contribution in [2.24, 2.45) is 0 Å². The molecule has 1 aromatic rings. The van der Waals surface area contributed by atoms with Crippen molar-refractivity contribution in [3.8, 4) is 0 Å². The molecule has 0 atom stereocenters. The summed E-state index contributed by atoms with van der Waals surface area (Å²) in [5, 5.41) is 0. The summed E-state index contributed by atoms with van der Waals surface area (Å²) in [6.07, 6.45) is 4.04. The van der Waals surface area contributed by atoms with Crippen LogP contribution in [0.15, 0.2) is 35.9 Å². The van der Waals surface area contributed by atoms with Gasteiger partial charge >= 0.3 is 0 Å². The van der Waals surface area contributed by atoms with Gasteiger partial charge in [0, 0.05) is 6.42 Å². The van der Waals surface area contributed by atoms with Gasteiger partial charge in [-0.1, -0.05) is 30.3 Å². The van der Waals surface area contributed by atoms with Gasteiger partial charge in [0.1, 0.15) is 5.78 Å². The first-order valence-corrected chi connectivity index (χ1v) is 5.56. The van der Waals surface area contributed by atoms with Crippen molar-refractivity contribution in [2.75, 3.05) is 0 Å². The Morgan fingerprint density at radius 2 is 1.75 bits per heavy atom. The van der Waals surface area contributed by atoms with Crippen molar-refractivity contribution in [1.82, 2.24) is 0 Å². The van der Waals surface area contributed by atoms with Crippen LogP contribution in [-0.4, -0.2) is 11.6 Å². The fraction of sp³-hybridized carbons (Fsp3) is 0.286. The zero-order valence-corrected chi connectivity index (χ0v) is 9.11. The van der Waals surface area contributed by atoms with E-state index in [4.69, 9.17) is 0 Å². The summed E-state index contributed by atoms with van der Waals surface area (Å²) in [6.45, 7) is 0. The van der Waals surface area contributed by atoms with E-state index in [9.17, 15) is 9.59 Å². The van der Waals surface area contributed by atoms with Crippen molar-refractivity contribution in [2.45, 2.75) is 25.7 Å². The minimum Gasteiger partial charge on any atom is -0.299 e. The van der Waals surface area contributed by atoms with Crippen LogP contribution in [0.4, 0.5) is 0 Å².